The molecule has 1 heterocycles. The summed E-state index contributed by atoms with van der Waals surface area (Å²) in [6.07, 6.45) is -2.73. The molecule has 0 aliphatic carbocycles. The summed E-state index contributed by atoms with van der Waals surface area (Å²) in [4.78, 5) is 0.226. The van der Waals surface area contributed by atoms with Gasteiger partial charge in [-0.3, -0.25) is 0 Å². The Morgan fingerprint density at radius 3 is 2.62 bits per heavy atom. The minimum absolute atomic E-state index is 0.104. The standard InChI is InChI=1S/C8H8F2N2O2S2/c1-12(5-7(9)10)16(13,14)8-3-2-6(4-11)15-8/h2-3,7H,5H2,1H3. The normalized spacial score (nSPS) is 12.0. The Balaban J connectivity index is 2.98. The summed E-state index contributed by atoms with van der Waals surface area (Å²) in [5.41, 5.74) is 0. The summed E-state index contributed by atoms with van der Waals surface area (Å²) < 4.78 is 47.9. The number of hydrogen-bond acceptors (Lipinski definition) is 4. The largest absolute Gasteiger partial charge is 0.252 e. The third-order valence-electron chi connectivity index (χ3n) is 1.75. The molecule has 0 saturated heterocycles. The highest BCUT2D eigenvalue weighted by Gasteiger charge is 2.25. The molecule has 0 amide bonds. The number of hydrogen-bond donors (Lipinski definition) is 0. The first-order valence-corrected chi connectivity index (χ1v) is 6.38. The zero-order valence-electron chi connectivity index (χ0n) is 8.22. The molecule has 0 fully saturated rings. The maximum absolute atomic E-state index is 12.0. The fourth-order valence-electron chi connectivity index (χ4n) is 0.965. The predicted octanol–water partition coefficient (Wildman–Crippen LogP) is 1.51. The average molecular weight is 266 g/mol. The number of sulfonamides is 1. The Labute approximate surface area is 95.8 Å². The van der Waals surface area contributed by atoms with E-state index in [9.17, 15) is 17.2 Å². The van der Waals surface area contributed by atoms with Crippen molar-refractivity contribution >= 4 is 21.4 Å². The third kappa shape index (κ3) is 2.75. The number of alkyl halides is 2. The molecule has 1 rings (SSSR count). The number of rotatable bonds is 4. The third-order valence-corrected chi connectivity index (χ3v) is 5.03. The van der Waals surface area contributed by atoms with Crippen molar-refractivity contribution in [2.45, 2.75) is 10.6 Å². The second kappa shape index (κ2) is 4.86. The highest BCUT2D eigenvalue weighted by molar-refractivity contribution is 7.91. The van der Waals surface area contributed by atoms with Crippen molar-refractivity contribution in [3.63, 3.8) is 0 Å². The smallest absolute Gasteiger partial charge is 0.209 e. The van der Waals surface area contributed by atoms with Gasteiger partial charge in [-0.05, 0) is 12.1 Å². The summed E-state index contributed by atoms with van der Waals surface area (Å²) in [6, 6.07) is 4.36. The molecule has 4 nitrogen and oxygen atoms in total. The quantitative estimate of drug-likeness (QED) is 0.829. The fraction of sp³-hybridized carbons (Fsp3) is 0.375. The lowest BCUT2D eigenvalue weighted by Crippen LogP contribution is -2.30. The van der Waals surface area contributed by atoms with Gasteiger partial charge in [0.25, 0.3) is 16.4 Å². The first-order chi connectivity index (χ1) is 7.37. The van der Waals surface area contributed by atoms with E-state index in [1.807, 2.05) is 0 Å². The van der Waals surface area contributed by atoms with E-state index in [1.54, 1.807) is 6.07 Å². The van der Waals surface area contributed by atoms with E-state index in [-0.39, 0.29) is 9.09 Å². The van der Waals surface area contributed by atoms with Crippen LogP contribution in [0.4, 0.5) is 8.78 Å². The molecule has 0 aromatic carbocycles. The van der Waals surface area contributed by atoms with Crippen molar-refractivity contribution < 1.29 is 17.2 Å². The Hall–Kier alpha value is -1.04. The van der Waals surface area contributed by atoms with Crippen LogP contribution in [0.3, 0.4) is 0 Å². The summed E-state index contributed by atoms with van der Waals surface area (Å²) in [7, 11) is -2.83. The van der Waals surface area contributed by atoms with Crippen LogP contribution < -0.4 is 0 Å². The second-order valence-electron chi connectivity index (χ2n) is 2.91. The van der Waals surface area contributed by atoms with Crippen LogP contribution in [0.15, 0.2) is 16.3 Å². The first-order valence-electron chi connectivity index (χ1n) is 4.12. The topological polar surface area (TPSA) is 61.2 Å². The summed E-state index contributed by atoms with van der Waals surface area (Å²) in [5, 5.41) is 8.53. The number of halogens is 2. The van der Waals surface area contributed by atoms with Crippen molar-refractivity contribution in [1.29, 1.82) is 5.26 Å². The van der Waals surface area contributed by atoms with Gasteiger partial charge in [0.05, 0.1) is 6.54 Å². The highest BCUT2D eigenvalue weighted by Crippen LogP contribution is 2.23. The summed E-state index contributed by atoms with van der Waals surface area (Å²) in [6.45, 7) is -0.859. The van der Waals surface area contributed by atoms with Gasteiger partial charge in [0.1, 0.15) is 15.2 Å². The molecule has 1 aromatic heterocycles. The molecule has 0 radical (unpaired) electrons. The Kier molecular flexibility index (Phi) is 3.96. The Morgan fingerprint density at radius 1 is 1.56 bits per heavy atom. The highest BCUT2D eigenvalue weighted by atomic mass is 32.2. The fourth-order valence-corrected chi connectivity index (χ4v) is 3.43. The molecule has 0 aliphatic heterocycles. The molecular formula is C8H8F2N2O2S2. The van der Waals surface area contributed by atoms with E-state index in [0.717, 1.165) is 18.4 Å². The van der Waals surface area contributed by atoms with Gasteiger partial charge in [-0.15, -0.1) is 11.3 Å². The monoisotopic (exact) mass is 266 g/mol. The van der Waals surface area contributed by atoms with Gasteiger partial charge in [-0.1, -0.05) is 0 Å². The van der Waals surface area contributed by atoms with Crippen LogP contribution >= 0.6 is 11.3 Å². The van der Waals surface area contributed by atoms with Gasteiger partial charge in [0.2, 0.25) is 0 Å². The summed E-state index contributed by atoms with van der Waals surface area (Å²) >= 11 is 0.760. The lowest BCUT2D eigenvalue weighted by molar-refractivity contribution is 0.126. The molecule has 0 spiro atoms. The van der Waals surface area contributed by atoms with E-state index in [0.29, 0.717) is 4.31 Å². The van der Waals surface area contributed by atoms with Gasteiger partial charge in [-0.25, -0.2) is 17.2 Å². The van der Waals surface area contributed by atoms with Gasteiger partial charge in [0.15, 0.2) is 0 Å². The zero-order chi connectivity index (χ0) is 12.3. The van der Waals surface area contributed by atoms with E-state index >= 15 is 0 Å². The van der Waals surface area contributed by atoms with E-state index < -0.39 is 23.0 Å². The molecule has 0 saturated carbocycles. The van der Waals surface area contributed by atoms with E-state index in [2.05, 4.69) is 0 Å². The van der Waals surface area contributed by atoms with E-state index in [1.165, 1.54) is 12.1 Å². The molecule has 0 bridgehead atoms. The van der Waals surface area contributed by atoms with Crippen LogP contribution in [-0.4, -0.2) is 32.7 Å². The molecule has 1 aromatic rings. The summed E-state index contributed by atoms with van der Waals surface area (Å²) in [5.74, 6) is 0. The van der Waals surface area contributed by atoms with Gasteiger partial charge in [0, 0.05) is 7.05 Å². The molecule has 0 aliphatic rings. The van der Waals surface area contributed by atoms with Crippen molar-refractivity contribution in [3.05, 3.63) is 17.0 Å². The Bertz CT molecular complexity index is 504. The number of thiophene rings is 1. The van der Waals surface area contributed by atoms with Crippen LogP contribution in [-0.2, 0) is 10.0 Å². The number of nitriles is 1. The lowest BCUT2D eigenvalue weighted by atomic mass is 10.5. The average Bonchev–Trinajstić information content (AvgIpc) is 2.65. The lowest BCUT2D eigenvalue weighted by Gasteiger charge is -2.14. The minimum atomic E-state index is -3.90. The van der Waals surface area contributed by atoms with Gasteiger partial charge < -0.3 is 0 Å². The second-order valence-corrected chi connectivity index (χ2v) is 6.26. The van der Waals surface area contributed by atoms with Crippen molar-refractivity contribution in [3.8, 4) is 6.07 Å². The number of nitrogens with zero attached hydrogens (tertiary/aromatic N) is 2. The predicted molar refractivity (Wildman–Crippen MR) is 54.9 cm³/mol. The molecule has 88 valence electrons. The zero-order valence-corrected chi connectivity index (χ0v) is 9.86. The molecule has 8 heteroatoms. The van der Waals surface area contributed by atoms with Crippen LogP contribution in [0.2, 0.25) is 0 Å². The van der Waals surface area contributed by atoms with Crippen molar-refractivity contribution in [1.82, 2.24) is 4.31 Å². The molecular weight excluding hydrogens is 258 g/mol. The molecule has 0 unspecified atom stereocenters. The SMILES string of the molecule is CN(CC(F)F)S(=O)(=O)c1ccc(C#N)s1. The molecule has 0 atom stereocenters. The van der Waals surface area contributed by atoms with Crippen LogP contribution in [0.1, 0.15) is 4.88 Å². The van der Waals surface area contributed by atoms with E-state index in [4.69, 9.17) is 5.26 Å². The minimum Gasteiger partial charge on any atom is -0.209 e. The Morgan fingerprint density at radius 2 is 2.19 bits per heavy atom. The van der Waals surface area contributed by atoms with Crippen LogP contribution in [0.25, 0.3) is 0 Å². The molecule has 16 heavy (non-hydrogen) atoms. The van der Waals surface area contributed by atoms with Gasteiger partial charge >= 0.3 is 0 Å². The molecule has 0 N–H and O–H groups in total. The van der Waals surface area contributed by atoms with Gasteiger partial charge in [-0.2, -0.15) is 9.57 Å². The van der Waals surface area contributed by atoms with Crippen LogP contribution in [0.5, 0.6) is 0 Å². The maximum atomic E-state index is 12.0. The van der Waals surface area contributed by atoms with Crippen LogP contribution in [0, 0.1) is 11.3 Å². The van der Waals surface area contributed by atoms with Crippen molar-refractivity contribution in [2.75, 3.05) is 13.6 Å². The van der Waals surface area contributed by atoms with Crippen molar-refractivity contribution in [2.24, 2.45) is 0 Å². The first kappa shape index (κ1) is 13.0. The maximum Gasteiger partial charge on any atom is 0.252 e.